The molecule has 0 spiro atoms. The van der Waals surface area contributed by atoms with Crippen LogP contribution in [0, 0.1) is 13.8 Å². The Kier molecular flexibility index (Phi) is 4.98. The number of pyridine rings is 1. The molecule has 0 saturated heterocycles. The number of fused-ring (bicyclic) bond motifs is 1. The lowest BCUT2D eigenvalue weighted by Crippen LogP contribution is -2.31. The molecular weight excluding hydrogens is 312 g/mol. The molecule has 1 N–H and O–H groups in total. The van der Waals surface area contributed by atoms with Crippen LogP contribution in [-0.2, 0) is 4.79 Å². The summed E-state index contributed by atoms with van der Waals surface area (Å²) in [5.74, 6) is 0.473. The van der Waals surface area contributed by atoms with Gasteiger partial charge in [-0.05, 0) is 44.0 Å². The molecule has 1 heterocycles. The molecule has 0 aliphatic rings. The largest absolute Gasteiger partial charge is 0.481 e. The summed E-state index contributed by atoms with van der Waals surface area (Å²) >= 11 is 0. The molecule has 1 aromatic heterocycles. The first-order valence-corrected chi connectivity index (χ1v) is 8.38. The van der Waals surface area contributed by atoms with Gasteiger partial charge < -0.3 is 10.1 Å². The fourth-order valence-electron chi connectivity index (χ4n) is 2.91. The van der Waals surface area contributed by atoms with E-state index in [0.29, 0.717) is 5.75 Å². The van der Waals surface area contributed by atoms with Gasteiger partial charge in [-0.25, -0.2) is 4.98 Å². The molecule has 1 unspecified atom stereocenters. The van der Waals surface area contributed by atoms with Crippen molar-refractivity contribution in [1.82, 2.24) is 10.3 Å². The molecule has 0 radical (unpaired) electrons. The highest BCUT2D eigenvalue weighted by molar-refractivity contribution is 5.85. The highest BCUT2D eigenvalue weighted by Crippen LogP contribution is 2.24. The average Bonchev–Trinajstić information content (AvgIpc) is 2.60. The van der Waals surface area contributed by atoms with Crippen LogP contribution in [0.1, 0.15) is 29.8 Å². The number of carbonyl (C=O) groups is 1. The van der Waals surface area contributed by atoms with E-state index in [4.69, 9.17) is 4.74 Å². The molecule has 1 amide bonds. The minimum Gasteiger partial charge on any atom is -0.481 e. The second kappa shape index (κ2) is 7.34. The van der Waals surface area contributed by atoms with Gasteiger partial charge in [0, 0.05) is 11.1 Å². The van der Waals surface area contributed by atoms with Crippen molar-refractivity contribution in [2.45, 2.75) is 26.8 Å². The van der Waals surface area contributed by atoms with Gasteiger partial charge in [-0.15, -0.1) is 0 Å². The lowest BCUT2D eigenvalue weighted by Gasteiger charge is -2.17. The van der Waals surface area contributed by atoms with Gasteiger partial charge in [0.2, 0.25) is 0 Å². The van der Waals surface area contributed by atoms with Gasteiger partial charge in [0.05, 0.1) is 6.04 Å². The second-order valence-corrected chi connectivity index (χ2v) is 6.21. The maximum Gasteiger partial charge on any atom is 0.258 e. The summed E-state index contributed by atoms with van der Waals surface area (Å²) in [5, 5.41) is 3.98. The molecule has 0 aliphatic heterocycles. The molecule has 3 aromatic rings. The van der Waals surface area contributed by atoms with Crippen molar-refractivity contribution >= 4 is 16.8 Å². The summed E-state index contributed by atoms with van der Waals surface area (Å²) in [6, 6.07) is 17.7. The van der Waals surface area contributed by atoms with Crippen molar-refractivity contribution in [2.24, 2.45) is 0 Å². The summed E-state index contributed by atoms with van der Waals surface area (Å²) in [6.07, 6.45) is 0. The fraction of sp³-hybridized carbons (Fsp3) is 0.238. The van der Waals surface area contributed by atoms with Gasteiger partial charge in [0.1, 0.15) is 11.3 Å². The molecule has 0 aliphatic carbocycles. The minimum atomic E-state index is -0.152. The number of aromatic nitrogens is 1. The number of benzene rings is 2. The second-order valence-electron chi connectivity index (χ2n) is 6.21. The Morgan fingerprint density at radius 1 is 1.08 bits per heavy atom. The zero-order chi connectivity index (χ0) is 17.8. The lowest BCUT2D eigenvalue weighted by molar-refractivity contribution is -0.123. The molecule has 1 atom stereocenters. The Morgan fingerprint density at radius 3 is 2.68 bits per heavy atom. The van der Waals surface area contributed by atoms with Crippen LogP contribution in [0.2, 0.25) is 0 Å². The maximum absolute atomic E-state index is 12.3. The Bertz CT molecular complexity index is 905. The van der Waals surface area contributed by atoms with Crippen molar-refractivity contribution in [2.75, 3.05) is 6.61 Å². The first kappa shape index (κ1) is 17.0. The van der Waals surface area contributed by atoms with Crippen LogP contribution in [0.25, 0.3) is 10.9 Å². The van der Waals surface area contributed by atoms with Gasteiger partial charge in [-0.1, -0.05) is 42.5 Å². The number of nitrogens with one attached hydrogen (secondary N) is 1. The summed E-state index contributed by atoms with van der Waals surface area (Å²) in [7, 11) is 0. The van der Waals surface area contributed by atoms with Crippen LogP contribution in [0.3, 0.4) is 0 Å². The van der Waals surface area contributed by atoms with Crippen LogP contribution in [0.5, 0.6) is 5.75 Å². The van der Waals surface area contributed by atoms with Crippen molar-refractivity contribution in [3.05, 3.63) is 71.4 Å². The minimum absolute atomic E-state index is 0.0367. The van der Waals surface area contributed by atoms with E-state index in [9.17, 15) is 4.79 Å². The SMILES string of the molecule is Cc1ccc2cccc(OCC(=O)NC(C)c3ccccc3C)c2n1. The molecule has 4 heteroatoms. The Hall–Kier alpha value is -2.88. The molecule has 25 heavy (non-hydrogen) atoms. The third-order valence-electron chi connectivity index (χ3n) is 4.21. The molecular formula is C21H22N2O2. The quantitative estimate of drug-likeness (QED) is 0.764. The number of rotatable bonds is 5. The van der Waals surface area contributed by atoms with E-state index < -0.39 is 0 Å². The Labute approximate surface area is 147 Å². The number of amides is 1. The molecule has 0 saturated carbocycles. The van der Waals surface area contributed by atoms with Gasteiger partial charge >= 0.3 is 0 Å². The number of ether oxygens (including phenoxy) is 1. The third kappa shape index (κ3) is 3.97. The summed E-state index contributed by atoms with van der Waals surface area (Å²) in [4.78, 5) is 16.8. The van der Waals surface area contributed by atoms with E-state index in [1.807, 2.05) is 75.4 Å². The molecule has 128 valence electrons. The smallest absolute Gasteiger partial charge is 0.258 e. The molecule has 0 bridgehead atoms. The third-order valence-corrected chi connectivity index (χ3v) is 4.21. The summed E-state index contributed by atoms with van der Waals surface area (Å²) in [6.45, 7) is 5.92. The van der Waals surface area contributed by atoms with Gasteiger partial charge in [0.15, 0.2) is 6.61 Å². The normalized spacial score (nSPS) is 12.0. The van der Waals surface area contributed by atoms with Crippen molar-refractivity contribution in [3.63, 3.8) is 0 Å². The Morgan fingerprint density at radius 2 is 1.88 bits per heavy atom. The highest BCUT2D eigenvalue weighted by Gasteiger charge is 2.12. The van der Waals surface area contributed by atoms with E-state index >= 15 is 0 Å². The summed E-state index contributed by atoms with van der Waals surface area (Å²) in [5.41, 5.74) is 3.96. The van der Waals surface area contributed by atoms with Crippen LogP contribution in [-0.4, -0.2) is 17.5 Å². The van der Waals surface area contributed by atoms with Gasteiger partial charge in [0.25, 0.3) is 5.91 Å². The number of hydrogen-bond acceptors (Lipinski definition) is 3. The van der Waals surface area contributed by atoms with E-state index in [1.165, 1.54) is 0 Å². The first-order valence-electron chi connectivity index (χ1n) is 8.38. The monoisotopic (exact) mass is 334 g/mol. The van der Waals surface area contributed by atoms with Crippen LogP contribution < -0.4 is 10.1 Å². The lowest BCUT2D eigenvalue weighted by atomic mass is 10.0. The molecule has 2 aromatic carbocycles. The summed E-state index contributed by atoms with van der Waals surface area (Å²) < 4.78 is 5.73. The maximum atomic E-state index is 12.3. The predicted octanol–water partition coefficient (Wildman–Crippen LogP) is 4.11. The zero-order valence-electron chi connectivity index (χ0n) is 14.7. The van der Waals surface area contributed by atoms with E-state index in [-0.39, 0.29) is 18.6 Å². The number of nitrogens with zero attached hydrogens (tertiary/aromatic N) is 1. The molecule has 3 rings (SSSR count). The number of aryl methyl sites for hydroxylation is 2. The van der Waals surface area contributed by atoms with Crippen molar-refractivity contribution < 1.29 is 9.53 Å². The van der Waals surface area contributed by atoms with Crippen LogP contribution in [0.4, 0.5) is 0 Å². The van der Waals surface area contributed by atoms with Crippen LogP contribution in [0.15, 0.2) is 54.6 Å². The van der Waals surface area contributed by atoms with E-state index in [1.54, 1.807) is 0 Å². The molecule has 0 fully saturated rings. The number of hydrogen-bond donors (Lipinski definition) is 1. The van der Waals surface area contributed by atoms with Gasteiger partial charge in [-0.3, -0.25) is 4.79 Å². The fourth-order valence-corrected chi connectivity index (χ4v) is 2.91. The Balaban J connectivity index is 1.67. The van der Waals surface area contributed by atoms with Crippen molar-refractivity contribution in [1.29, 1.82) is 0 Å². The number of carbonyl (C=O) groups excluding carboxylic acids is 1. The van der Waals surface area contributed by atoms with Gasteiger partial charge in [-0.2, -0.15) is 0 Å². The van der Waals surface area contributed by atoms with E-state index in [0.717, 1.165) is 27.7 Å². The van der Waals surface area contributed by atoms with Crippen molar-refractivity contribution in [3.8, 4) is 5.75 Å². The predicted molar refractivity (Wildman–Crippen MR) is 99.7 cm³/mol. The van der Waals surface area contributed by atoms with E-state index in [2.05, 4.69) is 10.3 Å². The topological polar surface area (TPSA) is 51.2 Å². The zero-order valence-corrected chi connectivity index (χ0v) is 14.7. The molecule has 4 nitrogen and oxygen atoms in total. The first-order chi connectivity index (χ1) is 12.0. The van der Waals surface area contributed by atoms with Crippen LogP contribution >= 0.6 is 0 Å². The number of para-hydroxylation sites is 1. The standard InChI is InChI=1S/C21H22N2O2/c1-14-7-4-5-9-18(14)16(3)23-20(24)13-25-19-10-6-8-17-12-11-15(2)22-21(17)19/h4-12,16H,13H2,1-3H3,(H,23,24). The highest BCUT2D eigenvalue weighted by atomic mass is 16.5. The average molecular weight is 334 g/mol.